The molecule has 0 saturated carbocycles. The van der Waals surface area contributed by atoms with Gasteiger partial charge in [0.1, 0.15) is 0 Å². The summed E-state index contributed by atoms with van der Waals surface area (Å²) in [6.45, 7) is 4.74. The van der Waals surface area contributed by atoms with E-state index < -0.39 is 0 Å². The van der Waals surface area contributed by atoms with E-state index in [2.05, 4.69) is 17.2 Å². The number of benzene rings is 1. The van der Waals surface area contributed by atoms with Gasteiger partial charge in [0.25, 0.3) is 5.91 Å². The molecule has 21 heavy (non-hydrogen) atoms. The molecule has 1 amide bonds. The van der Waals surface area contributed by atoms with Crippen molar-refractivity contribution in [1.29, 1.82) is 0 Å². The van der Waals surface area contributed by atoms with Crippen LogP contribution in [0.1, 0.15) is 28.1 Å². The second-order valence-electron chi connectivity index (χ2n) is 5.36. The minimum Gasteiger partial charge on any atom is -0.359 e. The molecule has 2 aromatic rings. The van der Waals surface area contributed by atoms with Gasteiger partial charge in [-0.25, -0.2) is 0 Å². The van der Waals surface area contributed by atoms with Crippen molar-refractivity contribution in [2.24, 2.45) is 5.73 Å². The molecule has 1 aromatic heterocycles. The van der Waals surface area contributed by atoms with Crippen molar-refractivity contribution in [3.63, 3.8) is 0 Å². The summed E-state index contributed by atoms with van der Waals surface area (Å²) < 4.78 is 0. The molecule has 0 spiro atoms. The van der Waals surface area contributed by atoms with Crippen molar-refractivity contribution in [2.45, 2.75) is 20.3 Å². The van der Waals surface area contributed by atoms with E-state index in [9.17, 15) is 4.79 Å². The van der Waals surface area contributed by atoms with Crippen LogP contribution in [0.25, 0.3) is 11.6 Å². The van der Waals surface area contributed by atoms with Crippen LogP contribution in [-0.4, -0.2) is 17.4 Å². The number of para-hydroxylation sites is 1. The van der Waals surface area contributed by atoms with Gasteiger partial charge >= 0.3 is 0 Å². The third-order valence-electron chi connectivity index (χ3n) is 4.02. The van der Waals surface area contributed by atoms with Gasteiger partial charge in [0, 0.05) is 22.6 Å². The first-order chi connectivity index (χ1) is 10.1. The molecule has 0 fully saturated rings. The fourth-order valence-corrected chi connectivity index (χ4v) is 2.91. The molecule has 2 heterocycles. The van der Waals surface area contributed by atoms with Crippen LogP contribution in [0, 0.1) is 13.8 Å². The predicted molar refractivity (Wildman–Crippen MR) is 86.0 cm³/mol. The molecule has 0 aliphatic carbocycles. The molecule has 4 N–H and O–H groups in total. The van der Waals surface area contributed by atoms with Crippen LogP contribution in [-0.2, 0) is 11.2 Å². The van der Waals surface area contributed by atoms with Crippen LogP contribution in [0.4, 0.5) is 5.69 Å². The standard InChI is InChI=1S/C17H19N3O/c1-10-12(7-8-18)11(2)19-16(10)9-14-13-5-3-4-6-15(13)20-17(14)21/h3-6,9,19H,7-8,18H2,1-2H3,(H,20,21)/b14-9-. The van der Waals surface area contributed by atoms with Crippen LogP contribution >= 0.6 is 0 Å². The number of nitrogens with one attached hydrogen (secondary N) is 2. The van der Waals surface area contributed by atoms with E-state index in [-0.39, 0.29) is 5.91 Å². The maximum atomic E-state index is 12.2. The van der Waals surface area contributed by atoms with E-state index in [1.165, 1.54) is 11.1 Å². The molecule has 108 valence electrons. The lowest BCUT2D eigenvalue weighted by atomic mass is 10.0. The van der Waals surface area contributed by atoms with Crippen LogP contribution in [0.3, 0.4) is 0 Å². The van der Waals surface area contributed by atoms with Gasteiger partial charge in [0.05, 0.1) is 5.57 Å². The summed E-state index contributed by atoms with van der Waals surface area (Å²) in [5.41, 5.74) is 12.7. The predicted octanol–water partition coefficient (Wildman–Crippen LogP) is 2.63. The Hall–Kier alpha value is -2.33. The van der Waals surface area contributed by atoms with E-state index in [4.69, 9.17) is 5.73 Å². The third-order valence-corrected chi connectivity index (χ3v) is 4.02. The van der Waals surface area contributed by atoms with Gasteiger partial charge in [0.15, 0.2) is 0 Å². The zero-order valence-corrected chi connectivity index (χ0v) is 12.3. The van der Waals surface area contributed by atoms with Crippen molar-refractivity contribution in [3.05, 3.63) is 52.3 Å². The molecule has 0 bridgehead atoms. The molecule has 3 rings (SSSR count). The summed E-state index contributed by atoms with van der Waals surface area (Å²) in [6, 6.07) is 7.75. The van der Waals surface area contributed by atoms with Crippen LogP contribution < -0.4 is 11.1 Å². The third kappa shape index (κ3) is 2.28. The molecule has 0 unspecified atom stereocenters. The molecular formula is C17H19N3O. The lowest BCUT2D eigenvalue weighted by Gasteiger charge is -2.00. The Kier molecular flexibility index (Phi) is 3.39. The number of H-pyrrole nitrogens is 1. The number of hydrogen-bond acceptors (Lipinski definition) is 2. The first-order valence-electron chi connectivity index (χ1n) is 7.12. The number of rotatable bonds is 3. The van der Waals surface area contributed by atoms with Crippen LogP contribution in [0.2, 0.25) is 0 Å². The molecule has 1 aliphatic heterocycles. The summed E-state index contributed by atoms with van der Waals surface area (Å²) in [5.74, 6) is -0.0526. The number of carbonyl (C=O) groups is 1. The monoisotopic (exact) mass is 281 g/mol. The number of aromatic nitrogens is 1. The number of anilines is 1. The van der Waals surface area contributed by atoms with E-state index in [0.717, 1.165) is 29.1 Å². The highest BCUT2D eigenvalue weighted by molar-refractivity contribution is 6.34. The van der Waals surface area contributed by atoms with Gasteiger partial charge in [-0.05, 0) is 50.1 Å². The maximum absolute atomic E-state index is 12.2. The average Bonchev–Trinajstić information content (AvgIpc) is 2.92. The van der Waals surface area contributed by atoms with Crippen molar-refractivity contribution in [3.8, 4) is 0 Å². The van der Waals surface area contributed by atoms with E-state index in [0.29, 0.717) is 12.1 Å². The Morgan fingerprint density at radius 1 is 1.24 bits per heavy atom. The van der Waals surface area contributed by atoms with Crippen LogP contribution in [0.5, 0.6) is 0 Å². The zero-order valence-electron chi connectivity index (χ0n) is 12.3. The van der Waals surface area contributed by atoms with Gasteiger partial charge < -0.3 is 16.0 Å². The van der Waals surface area contributed by atoms with Crippen molar-refractivity contribution < 1.29 is 4.79 Å². The van der Waals surface area contributed by atoms with Crippen LogP contribution in [0.15, 0.2) is 24.3 Å². The van der Waals surface area contributed by atoms with E-state index >= 15 is 0 Å². The van der Waals surface area contributed by atoms with Crippen molar-refractivity contribution >= 4 is 23.2 Å². The second-order valence-corrected chi connectivity index (χ2v) is 5.36. The summed E-state index contributed by atoms with van der Waals surface area (Å²) in [6.07, 6.45) is 2.78. The topological polar surface area (TPSA) is 70.9 Å². The lowest BCUT2D eigenvalue weighted by molar-refractivity contribution is -0.110. The maximum Gasteiger partial charge on any atom is 0.256 e. The Morgan fingerprint density at radius 3 is 2.76 bits per heavy atom. The number of aryl methyl sites for hydroxylation is 1. The minimum absolute atomic E-state index is 0.0526. The minimum atomic E-state index is -0.0526. The Morgan fingerprint density at radius 2 is 2.00 bits per heavy atom. The summed E-state index contributed by atoms with van der Waals surface area (Å²) in [4.78, 5) is 15.5. The number of nitrogens with two attached hydrogens (primary N) is 1. The quantitative estimate of drug-likeness (QED) is 0.757. The molecule has 1 aromatic carbocycles. The summed E-state index contributed by atoms with van der Waals surface area (Å²) in [7, 11) is 0. The normalized spacial score (nSPS) is 15.4. The highest BCUT2D eigenvalue weighted by Gasteiger charge is 2.24. The smallest absolute Gasteiger partial charge is 0.256 e. The molecule has 4 heteroatoms. The van der Waals surface area contributed by atoms with E-state index in [1.54, 1.807) is 0 Å². The largest absolute Gasteiger partial charge is 0.359 e. The van der Waals surface area contributed by atoms with Gasteiger partial charge in [0.2, 0.25) is 0 Å². The molecule has 0 saturated heterocycles. The Balaban J connectivity index is 2.07. The van der Waals surface area contributed by atoms with Gasteiger partial charge in [-0.2, -0.15) is 0 Å². The molecule has 1 aliphatic rings. The second kappa shape index (κ2) is 5.22. The molecule has 0 radical (unpaired) electrons. The fraction of sp³-hybridized carbons (Fsp3) is 0.235. The lowest BCUT2D eigenvalue weighted by Crippen LogP contribution is -2.04. The molecule has 0 atom stereocenters. The van der Waals surface area contributed by atoms with E-state index in [1.807, 2.05) is 37.3 Å². The number of fused-ring (bicyclic) bond motifs is 1. The van der Waals surface area contributed by atoms with Gasteiger partial charge in [-0.15, -0.1) is 0 Å². The molecular weight excluding hydrogens is 262 g/mol. The van der Waals surface area contributed by atoms with Gasteiger partial charge in [-0.1, -0.05) is 18.2 Å². The molecule has 4 nitrogen and oxygen atoms in total. The number of amides is 1. The first kappa shape index (κ1) is 13.6. The number of aromatic amines is 1. The average molecular weight is 281 g/mol. The summed E-state index contributed by atoms with van der Waals surface area (Å²) >= 11 is 0. The van der Waals surface area contributed by atoms with Crippen molar-refractivity contribution in [2.75, 3.05) is 11.9 Å². The number of carbonyl (C=O) groups excluding carboxylic acids is 1. The van der Waals surface area contributed by atoms with Gasteiger partial charge in [-0.3, -0.25) is 4.79 Å². The Labute approximate surface area is 124 Å². The SMILES string of the molecule is Cc1[nH]c(/C=C2\C(=O)Nc3ccccc32)c(C)c1CCN. The first-order valence-corrected chi connectivity index (χ1v) is 7.12. The Bertz CT molecular complexity index is 740. The highest BCUT2D eigenvalue weighted by atomic mass is 16.2. The zero-order chi connectivity index (χ0) is 15.0. The summed E-state index contributed by atoms with van der Waals surface area (Å²) in [5, 5.41) is 2.89. The highest BCUT2D eigenvalue weighted by Crippen LogP contribution is 2.33. The number of hydrogen-bond donors (Lipinski definition) is 3. The van der Waals surface area contributed by atoms with Crippen molar-refractivity contribution in [1.82, 2.24) is 4.98 Å². The fourth-order valence-electron chi connectivity index (χ4n) is 2.91.